The van der Waals surface area contributed by atoms with Crippen LogP contribution in [0.15, 0.2) is 24.3 Å². The van der Waals surface area contributed by atoms with E-state index in [1.54, 1.807) is 0 Å². The lowest BCUT2D eigenvalue weighted by Crippen LogP contribution is -2.42. The third-order valence-electron chi connectivity index (χ3n) is 1.80. The molecule has 0 heterocycles. The summed E-state index contributed by atoms with van der Waals surface area (Å²) in [6, 6.07) is 5.70. The fourth-order valence-electron chi connectivity index (χ4n) is 1.03. The number of rotatable bonds is 4. The Balaban J connectivity index is 0.000000356. The molecule has 1 aromatic rings. The summed E-state index contributed by atoms with van der Waals surface area (Å²) in [5, 5.41) is 17.3. The highest BCUT2D eigenvalue weighted by Gasteiger charge is 2.14. The van der Waals surface area contributed by atoms with Gasteiger partial charge in [-0.25, -0.2) is 0 Å². The Kier molecular flexibility index (Phi) is 6.83. The minimum Gasteiger partial charge on any atom is -0.508 e. The second-order valence-corrected chi connectivity index (χ2v) is 5.99. The summed E-state index contributed by atoms with van der Waals surface area (Å²) in [7, 11) is 0. The molecule has 1 aromatic carbocycles. The molecule has 0 atom stereocenters. The number of phenols is 2. The quantitative estimate of drug-likeness (QED) is 0.622. The van der Waals surface area contributed by atoms with Crippen LogP contribution in [0.25, 0.3) is 0 Å². The molecule has 0 aliphatic carbocycles. The average molecular weight is 270 g/mol. The van der Waals surface area contributed by atoms with Crippen LogP contribution in [0.4, 0.5) is 0 Å². The van der Waals surface area contributed by atoms with Crippen molar-refractivity contribution in [1.82, 2.24) is 0 Å². The first-order valence-electron chi connectivity index (χ1n) is 6.13. The number of phenolic OH excluding ortho intramolecular Hbond substituents is 2. The second kappa shape index (κ2) is 7.33. The van der Waals surface area contributed by atoms with Crippen molar-refractivity contribution in [2.24, 2.45) is 11.5 Å². The van der Waals surface area contributed by atoms with Crippen molar-refractivity contribution in [1.29, 1.82) is 0 Å². The topological polar surface area (TPSA) is 102 Å². The Labute approximate surface area is 115 Å². The van der Waals surface area contributed by atoms with Gasteiger partial charge in [-0.3, -0.25) is 0 Å². The molecule has 0 fully saturated rings. The zero-order valence-electron chi connectivity index (χ0n) is 12.2. The van der Waals surface area contributed by atoms with E-state index in [-0.39, 0.29) is 22.6 Å². The maximum atomic E-state index is 8.65. The van der Waals surface area contributed by atoms with Crippen molar-refractivity contribution in [2.45, 2.75) is 38.8 Å². The van der Waals surface area contributed by atoms with Gasteiger partial charge in [0.05, 0.1) is 13.2 Å². The highest BCUT2D eigenvalue weighted by Crippen LogP contribution is 2.13. The van der Waals surface area contributed by atoms with Gasteiger partial charge >= 0.3 is 0 Å². The van der Waals surface area contributed by atoms with Crippen LogP contribution in [0, 0.1) is 0 Å². The molecule has 6 N–H and O–H groups in total. The number of hydrogen-bond acceptors (Lipinski definition) is 5. The van der Waals surface area contributed by atoms with E-state index in [4.69, 9.17) is 26.4 Å². The molecular formula is C14H26N2O3. The smallest absolute Gasteiger partial charge is 0.115 e. The first-order valence-corrected chi connectivity index (χ1v) is 6.13. The van der Waals surface area contributed by atoms with E-state index in [1.807, 2.05) is 27.7 Å². The number of nitrogens with two attached hydrogens (primary N) is 2. The van der Waals surface area contributed by atoms with Gasteiger partial charge in [-0.15, -0.1) is 0 Å². The molecule has 0 bridgehead atoms. The summed E-state index contributed by atoms with van der Waals surface area (Å²) in [5.41, 5.74) is 10.9. The predicted octanol–water partition coefficient (Wildman–Crippen LogP) is 1.58. The zero-order chi connectivity index (χ0) is 15.1. The predicted molar refractivity (Wildman–Crippen MR) is 77.1 cm³/mol. The minimum atomic E-state index is -0.259. The summed E-state index contributed by atoms with van der Waals surface area (Å²) in [5.74, 6) is 0.339. The third-order valence-corrected chi connectivity index (χ3v) is 1.80. The standard InChI is InChI=1S/C8H20N2O.C6H6O2/c1-7(2,9)5-11-6-8(3,4)10;7-5-1-2-6(8)4-3-5/h5-6,9-10H2,1-4H3;1-4,7-8H. The van der Waals surface area contributed by atoms with Crippen LogP contribution in [0.5, 0.6) is 11.5 Å². The Bertz CT molecular complexity index is 315. The van der Waals surface area contributed by atoms with Crippen LogP contribution in [0.3, 0.4) is 0 Å². The van der Waals surface area contributed by atoms with E-state index in [0.717, 1.165) is 0 Å². The molecule has 0 unspecified atom stereocenters. The van der Waals surface area contributed by atoms with Crippen LogP contribution < -0.4 is 11.5 Å². The molecule has 0 aliphatic heterocycles. The monoisotopic (exact) mass is 270 g/mol. The Morgan fingerprint density at radius 3 is 1.32 bits per heavy atom. The van der Waals surface area contributed by atoms with E-state index in [0.29, 0.717) is 13.2 Å². The van der Waals surface area contributed by atoms with Crippen LogP contribution >= 0.6 is 0 Å². The lowest BCUT2D eigenvalue weighted by Gasteiger charge is -2.23. The van der Waals surface area contributed by atoms with Crippen molar-refractivity contribution >= 4 is 0 Å². The molecule has 0 amide bonds. The van der Waals surface area contributed by atoms with Gasteiger partial charge in [0.25, 0.3) is 0 Å². The molecule has 0 saturated heterocycles. The van der Waals surface area contributed by atoms with E-state index in [2.05, 4.69) is 0 Å². The first-order chi connectivity index (χ1) is 8.49. The van der Waals surface area contributed by atoms with E-state index < -0.39 is 0 Å². The normalized spacial score (nSPS) is 11.7. The van der Waals surface area contributed by atoms with Gasteiger partial charge in [0.15, 0.2) is 0 Å². The van der Waals surface area contributed by atoms with Crippen LogP contribution in [0.2, 0.25) is 0 Å². The highest BCUT2D eigenvalue weighted by atomic mass is 16.5. The highest BCUT2D eigenvalue weighted by molar-refractivity contribution is 5.28. The summed E-state index contributed by atoms with van der Waals surface area (Å²) < 4.78 is 5.31. The third kappa shape index (κ3) is 12.9. The van der Waals surface area contributed by atoms with Crippen molar-refractivity contribution in [3.05, 3.63) is 24.3 Å². The molecule has 5 heteroatoms. The molecular weight excluding hydrogens is 244 g/mol. The summed E-state index contributed by atoms with van der Waals surface area (Å²) in [6.45, 7) is 8.81. The average Bonchev–Trinajstić information content (AvgIpc) is 2.19. The molecule has 0 spiro atoms. The van der Waals surface area contributed by atoms with Gasteiger partial charge < -0.3 is 26.4 Å². The number of aromatic hydroxyl groups is 2. The van der Waals surface area contributed by atoms with Gasteiger partial charge in [0, 0.05) is 11.1 Å². The van der Waals surface area contributed by atoms with Crippen molar-refractivity contribution < 1.29 is 14.9 Å². The largest absolute Gasteiger partial charge is 0.508 e. The Morgan fingerprint density at radius 1 is 0.842 bits per heavy atom. The SMILES string of the molecule is CC(C)(N)COCC(C)(C)N.Oc1ccc(O)cc1. The van der Waals surface area contributed by atoms with E-state index >= 15 is 0 Å². The van der Waals surface area contributed by atoms with Gasteiger partial charge in [0.2, 0.25) is 0 Å². The Hall–Kier alpha value is -1.30. The van der Waals surface area contributed by atoms with Crippen LogP contribution in [-0.4, -0.2) is 34.5 Å². The van der Waals surface area contributed by atoms with E-state index in [9.17, 15) is 0 Å². The molecule has 0 saturated carbocycles. The van der Waals surface area contributed by atoms with Gasteiger partial charge in [0.1, 0.15) is 11.5 Å². The van der Waals surface area contributed by atoms with Gasteiger partial charge in [-0.1, -0.05) is 0 Å². The van der Waals surface area contributed by atoms with Crippen molar-refractivity contribution in [2.75, 3.05) is 13.2 Å². The van der Waals surface area contributed by atoms with Crippen molar-refractivity contribution in [3.63, 3.8) is 0 Å². The molecule has 5 nitrogen and oxygen atoms in total. The van der Waals surface area contributed by atoms with Gasteiger partial charge in [-0.05, 0) is 52.0 Å². The Morgan fingerprint density at radius 2 is 1.11 bits per heavy atom. The fraction of sp³-hybridized carbons (Fsp3) is 0.571. The fourth-order valence-corrected chi connectivity index (χ4v) is 1.03. The van der Waals surface area contributed by atoms with Gasteiger partial charge in [-0.2, -0.15) is 0 Å². The molecule has 0 aromatic heterocycles. The summed E-state index contributed by atoms with van der Waals surface area (Å²) >= 11 is 0. The van der Waals surface area contributed by atoms with Crippen LogP contribution in [-0.2, 0) is 4.74 Å². The zero-order valence-corrected chi connectivity index (χ0v) is 12.2. The molecule has 19 heavy (non-hydrogen) atoms. The number of hydrogen-bond donors (Lipinski definition) is 4. The minimum absolute atomic E-state index is 0.169. The molecule has 0 radical (unpaired) electrons. The summed E-state index contributed by atoms with van der Waals surface area (Å²) in [6.07, 6.45) is 0. The number of benzene rings is 1. The second-order valence-electron chi connectivity index (χ2n) is 5.99. The summed E-state index contributed by atoms with van der Waals surface area (Å²) in [4.78, 5) is 0. The maximum absolute atomic E-state index is 8.65. The van der Waals surface area contributed by atoms with Crippen LogP contribution in [0.1, 0.15) is 27.7 Å². The first kappa shape index (κ1) is 17.7. The number of ether oxygens (including phenoxy) is 1. The maximum Gasteiger partial charge on any atom is 0.115 e. The molecule has 0 aliphatic rings. The lowest BCUT2D eigenvalue weighted by molar-refractivity contribution is 0.0680. The molecule has 1 rings (SSSR count). The lowest BCUT2D eigenvalue weighted by atomic mass is 10.1. The van der Waals surface area contributed by atoms with Crippen molar-refractivity contribution in [3.8, 4) is 11.5 Å². The van der Waals surface area contributed by atoms with E-state index in [1.165, 1.54) is 24.3 Å². The molecule has 110 valence electrons.